The predicted octanol–water partition coefficient (Wildman–Crippen LogP) is 5.05. The molecule has 0 N–H and O–H groups in total. The lowest BCUT2D eigenvalue weighted by molar-refractivity contribution is -0.120. The molecule has 0 radical (unpaired) electrons. The van der Waals surface area contributed by atoms with Gasteiger partial charge in [-0.15, -0.1) is 11.3 Å². The van der Waals surface area contributed by atoms with Gasteiger partial charge in [-0.2, -0.15) is 0 Å². The number of thiophene rings is 1. The SMILES string of the molecule is Cc1ccc(Cl)cc1N1C(=O)C(c2cccs2)=C(N2CCc3ccccc3C2)C1=O. The van der Waals surface area contributed by atoms with Gasteiger partial charge in [0.25, 0.3) is 11.8 Å². The first-order chi connectivity index (χ1) is 14.5. The van der Waals surface area contributed by atoms with Crippen LogP contribution in [0.4, 0.5) is 5.69 Å². The molecule has 1 aromatic heterocycles. The molecule has 6 heteroatoms. The highest BCUT2D eigenvalue weighted by Gasteiger charge is 2.43. The second kappa shape index (κ2) is 7.42. The highest BCUT2D eigenvalue weighted by molar-refractivity contribution is 7.11. The van der Waals surface area contributed by atoms with Crippen molar-refractivity contribution >= 4 is 46.0 Å². The smallest absolute Gasteiger partial charge is 0.282 e. The van der Waals surface area contributed by atoms with Gasteiger partial charge in [-0.05, 0) is 53.6 Å². The van der Waals surface area contributed by atoms with E-state index < -0.39 is 0 Å². The molecule has 0 atom stereocenters. The quantitative estimate of drug-likeness (QED) is 0.541. The van der Waals surface area contributed by atoms with Gasteiger partial charge in [0.2, 0.25) is 0 Å². The summed E-state index contributed by atoms with van der Waals surface area (Å²) in [7, 11) is 0. The van der Waals surface area contributed by atoms with Crippen molar-refractivity contribution in [2.45, 2.75) is 19.9 Å². The third-order valence-corrected chi connectivity index (χ3v) is 6.81. The van der Waals surface area contributed by atoms with Crippen LogP contribution in [0.3, 0.4) is 0 Å². The minimum atomic E-state index is -0.290. The number of nitrogens with zero attached hydrogens (tertiary/aromatic N) is 2. The third-order valence-electron chi connectivity index (χ3n) is 5.69. The van der Waals surface area contributed by atoms with Gasteiger partial charge in [-0.1, -0.05) is 48.0 Å². The number of amides is 2. The van der Waals surface area contributed by atoms with E-state index in [1.165, 1.54) is 27.4 Å². The topological polar surface area (TPSA) is 40.6 Å². The molecule has 2 aliphatic rings. The van der Waals surface area contributed by atoms with Crippen molar-refractivity contribution in [3.63, 3.8) is 0 Å². The van der Waals surface area contributed by atoms with Gasteiger partial charge in [0.15, 0.2) is 0 Å². The molecule has 2 aliphatic heterocycles. The summed E-state index contributed by atoms with van der Waals surface area (Å²) >= 11 is 7.67. The molecule has 0 fully saturated rings. The van der Waals surface area contributed by atoms with E-state index in [-0.39, 0.29) is 11.8 Å². The zero-order chi connectivity index (χ0) is 20.8. The number of imide groups is 1. The van der Waals surface area contributed by atoms with Gasteiger partial charge in [-0.3, -0.25) is 9.59 Å². The molecule has 0 unspecified atom stereocenters. The number of fused-ring (bicyclic) bond motifs is 1. The van der Waals surface area contributed by atoms with E-state index in [0.29, 0.717) is 35.1 Å². The molecule has 150 valence electrons. The van der Waals surface area contributed by atoms with Crippen LogP contribution >= 0.6 is 22.9 Å². The van der Waals surface area contributed by atoms with Gasteiger partial charge in [0.1, 0.15) is 5.70 Å². The fourth-order valence-electron chi connectivity index (χ4n) is 4.18. The molecule has 3 heterocycles. The molecular weight excluding hydrogens is 416 g/mol. The molecule has 0 aliphatic carbocycles. The molecule has 0 spiro atoms. The molecule has 0 bridgehead atoms. The van der Waals surface area contributed by atoms with Crippen molar-refractivity contribution in [2.24, 2.45) is 0 Å². The summed E-state index contributed by atoms with van der Waals surface area (Å²) in [5.74, 6) is -0.574. The average Bonchev–Trinajstić information content (AvgIpc) is 3.36. The summed E-state index contributed by atoms with van der Waals surface area (Å²) in [6, 6.07) is 17.4. The van der Waals surface area contributed by atoms with Crippen LogP contribution in [-0.4, -0.2) is 23.3 Å². The first kappa shape index (κ1) is 19.1. The van der Waals surface area contributed by atoms with Crippen molar-refractivity contribution in [2.75, 3.05) is 11.4 Å². The lowest BCUT2D eigenvalue weighted by atomic mass is 9.99. The van der Waals surface area contributed by atoms with Crippen molar-refractivity contribution in [3.8, 4) is 0 Å². The normalized spacial score (nSPS) is 16.5. The monoisotopic (exact) mass is 434 g/mol. The Kier molecular flexibility index (Phi) is 4.72. The highest BCUT2D eigenvalue weighted by Crippen LogP contribution is 2.39. The van der Waals surface area contributed by atoms with Crippen LogP contribution < -0.4 is 4.90 Å². The first-order valence-corrected chi connectivity index (χ1v) is 11.0. The van der Waals surface area contributed by atoms with Gasteiger partial charge in [0.05, 0.1) is 11.3 Å². The number of rotatable bonds is 3. The Morgan fingerprint density at radius 3 is 2.53 bits per heavy atom. The van der Waals surface area contributed by atoms with E-state index in [1.807, 2.05) is 42.6 Å². The molecule has 4 nitrogen and oxygen atoms in total. The molecule has 2 amide bonds. The van der Waals surface area contributed by atoms with E-state index in [9.17, 15) is 9.59 Å². The zero-order valence-electron chi connectivity index (χ0n) is 16.4. The molecule has 3 aromatic rings. The summed E-state index contributed by atoms with van der Waals surface area (Å²) in [5.41, 5.74) is 4.83. The summed E-state index contributed by atoms with van der Waals surface area (Å²) in [6.45, 7) is 3.19. The molecule has 0 saturated carbocycles. The van der Waals surface area contributed by atoms with Gasteiger partial charge in [0, 0.05) is 23.0 Å². The molecule has 30 heavy (non-hydrogen) atoms. The lowest BCUT2D eigenvalue weighted by Crippen LogP contribution is -2.37. The zero-order valence-corrected chi connectivity index (χ0v) is 18.0. The van der Waals surface area contributed by atoms with Crippen LogP contribution in [0.1, 0.15) is 21.6 Å². The Balaban J connectivity index is 1.62. The van der Waals surface area contributed by atoms with Gasteiger partial charge >= 0.3 is 0 Å². The first-order valence-electron chi connectivity index (χ1n) is 9.79. The van der Waals surface area contributed by atoms with Crippen molar-refractivity contribution in [3.05, 3.63) is 92.3 Å². The Morgan fingerprint density at radius 1 is 0.967 bits per heavy atom. The Hall–Kier alpha value is -2.89. The van der Waals surface area contributed by atoms with Crippen LogP contribution in [0.5, 0.6) is 0 Å². The number of hydrogen-bond acceptors (Lipinski definition) is 4. The molecule has 2 aromatic carbocycles. The number of carbonyl (C=O) groups excluding carboxylic acids is 2. The van der Waals surface area contributed by atoms with Crippen LogP contribution in [-0.2, 0) is 22.6 Å². The molecular formula is C24H19ClN2O2S. The largest absolute Gasteiger partial charge is 0.362 e. The highest BCUT2D eigenvalue weighted by atomic mass is 35.5. The second-order valence-electron chi connectivity index (χ2n) is 7.52. The predicted molar refractivity (Wildman–Crippen MR) is 120 cm³/mol. The van der Waals surface area contributed by atoms with Crippen LogP contribution in [0, 0.1) is 6.92 Å². The van der Waals surface area contributed by atoms with E-state index in [0.717, 1.165) is 16.9 Å². The van der Waals surface area contributed by atoms with E-state index in [2.05, 4.69) is 17.0 Å². The maximum Gasteiger partial charge on any atom is 0.282 e. The Labute approximate surface area is 184 Å². The Morgan fingerprint density at radius 2 is 1.77 bits per heavy atom. The van der Waals surface area contributed by atoms with Crippen molar-refractivity contribution in [1.29, 1.82) is 0 Å². The van der Waals surface area contributed by atoms with Gasteiger partial charge < -0.3 is 4.90 Å². The van der Waals surface area contributed by atoms with Crippen LogP contribution in [0.2, 0.25) is 5.02 Å². The minimum absolute atomic E-state index is 0.284. The summed E-state index contributed by atoms with van der Waals surface area (Å²) in [6.07, 6.45) is 0.842. The Bertz CT molecular complexity index is 1200. The summed E-state index contributed by atoms with van der Waals surface area (Å²) in [5, 5.41) is 2.42. The summed E-state index contributed by atoms with van der Waals surface area (Å²) < 4.78 is 0. The minimum Gasteiger partial charge on any atom is -0.362 e. The standard InChI is InChI=1S/C24H19ClN2O2S/c1-15-8-9-18(25)13-19(15)27-23(28)21(20-7-4-12-30-20)22(24(27)29)26-11-10-16-5-2-3-6-17(16)14-26/h2-9,12-13H,10-11,14H2,1H3. The number of hydrogen-bond donors (Lipinski definition) is 0. The maximum atomic E-state index is 13.7. The van der Waals surface area contributed by atoms with E-state index in [1.54, 1.807) is 12.1 Å². The number of halogens is 1. The number of carbonyl (C=O) groups is 2. The van der Waals surface area contributed by atoms with Crippen molar-refractivity contribution in [1.82, 2.24) is 4.90 Å². The van der Waals surface area contributed by atoms with E-state index in [4.69, 9.17) is 11.6 Å². The van der Waals surface area contributed by atoms with E-state index >= 15 is 0 Å². The fraction of sp³-hybridized carbons (Fsp3) is 0.167. The molecule has 0 saturated heterocycles. The average molecular weight is 435 g/mol. The fourth-order valence-corrected chi connectivity index (χ4v) is 5.11. The number of aryl methyl sites for hydroxylation is 1. The molecule has 5 rings (SSSR count). The van der Waals surface area contributed by atoms with Gasteiger partial charge in [-0.25, -0.2) is 4.90 Å². The summed E-state index contributed by atoms with van der Waals surface area (Å²) in [4.78, 5) is 31.4. The van der Waals surface area contributed by atoms with Crippen LogP contribution in [0.25, 0.3) is 5.57 Å². The number of anilines is 1. The maximum absolute atomic E-state index is 13.7. The second-order valence-corrected chi connectivity index (χ2v) is 8.90. The lowest BCUT2D eigenvalue weighted by Gasteiger charge is -2.31. The number of benzene rings is 2. The van der Waals surface area contributed by atoms with Crippen molar-refractivity contribution < 1.29 is 9.59 Å². The third kappa shape index (κ3) is 3.06. The van der Waals surface area contributed by atoms with Crippen LogP contribution in [0.15, 0.2) is 65.7 Å².